The summed E-state index contributed by atoms with van der Waals surface area (Å²) in [6.07, 6.45) is 4.65. The van der Waals surface area contributed by atoms with E-state index in [1.807, 2.05) is 6.07 Å². The Morgan fingerprint density at radius 2 is 2.00 bits per heavy atom. The molecule has 116 valence electrons. The minimum atomic E-state index is -3.81. The molecule has 0 aromatic heterocycles. The van der Waals surface area contributed by atoms with Crippen molar-refractivity contribution in [2.24, 2.45) is 5.14 Å². The fourth-order valence-corrected chi connectivity index (χ4v) is 4.11. The van der Waals surface area contributed by atoms with Gasteiger partial charge in [-0.1, -0.05) is 18.9 Å². The highest BCUT2D eigenvalue weighted by molar-refractivity contribution is 7.89. The largest absolute Gasteiger partial charge is 0.396 e. The van der Waals surface area contributed by atoms with Gasteiger partial charge in [0.25, 0.3) is 0 Å². The lowest BCUT2D eigenvalue weighted by Gasteiger charge is -2.45. The van der Waals surface area contributed by atoms with Crippen LogP contribution in [0.3, 0.4) is 0 Å². The van der Waals surface area contributed by atoms with E-state index in [2.05, 4.69) is 4.90 Å². The van der Waals surface area contributed by atoms with Crippen molar-refractivity contribution in [1.29, 1.82) is 0 Å². The van der Waals surface area contributed by atoms with Crippen LogP contribution in [0.1, 0.15) is 25.7 Å². The van der Waals surface area contributed by atoms with Gasteiger partial charge in [0.1, 0.15) is 4.90 Å². The molecule has 0 bridgehead atoms. The number of sulfonamides is 1. The molecular weight excluding hydrogens is 290 g/mol. The number of anilines is 2. The van der Waals surface area contributed by atoms with Gasteiger partial charge in [0.05, 0.1) is 30.1 Å². The molecule has 4 N–H and O–H groups in total. The highest BCUT2D eigenvalue weighted by Crippen LogP contribution is 2.36. The predicted molar refractivity (Wildman–Crippen MR) is 81.6 cm³/mol. The molecule has 6 nitrogen and oxygen atoms in total. The average molecular weight is 311 g/mol. The first-order chi connectivity index (χ1) is 9.98. The molecule has 3 rings (SSSR count). The van der Waals surface area contributed by atoms with Crippen LogP contribution in [-0.4, -0.2) is 33.7 Å². The van der Waals surface area contributed by atoms with Crippen LogP contribution in [0.2, 0.25) is 0 Å². The number of nitrogens with zero attached hydrogens (tertiary/aromatic N) is 1. The maximum Gasteiger partial charge on any atom is 0.240 e. The second-order valence-electron chi connectivity index (χ2n) is 5.69. The van der Waals surface area contributed by atoms with Gasteiger partial charge in [-0.25, -0.2) is 13.6 Å². The Kier molecular flexibility index (Phi) is 3.81. The summed E-state index contributed by atoms with van der Waals surface area (Å²) in [6, 6.07) is 5.28. The Morgan fingerprint density at radius 1 is 1.24 bits per heavy atom. The normalized spacial score (nSPS) is 26.4. The zero-order valence-electron chi connectivity index (χ0n) is 11.9. The van der Waals surface area contributed by atoms with Crippen LogP contribution in [0.25, 0.3) is 0 Å². The molecule has 21 heavy (non-hydrogen) atoms. The second kappa shape index (κ2) is 5.47. The molecule has 0 amide bonds. The summed E-state index contributed by atoms with van der Waals surface area (Å²) in [5.41, 5.74) is 7.07. The average Bonchev–Trinajstić information content (AvgIpc) is 2.46. The van der Waals surface area contributed by atoms with Gasteiger partial charge >= 0.3 is 0 Å². The number of nitrogens with two attached hydrogens (primary N) is 2. The summed E-state index contributed by atoms with van der Waals surface area (Å²) in [7, 11) is -3.81. The van der Waals surface area contributed by atoms with Crippen LogP contribution in [0.15, 0.2) is 23.1 Å². The van der Waals surface area contributed by atoms with Gasteiger partial charge in [-0.2, -0.15) is 0 Å². The first-order valence-electron chi connectivity index (χ1n) is 7.28. The molecule has 1 saturated heterocycles. The smallest absolute Gasteiger partial charge is 0.240 e. The number of para-hydroxylation sites is 1. The molecule has 0 spiro atoms. The Labute approximate surface area is 125 Å². The number of hydrogen-bond acceptors (Lipinski definition) is 5. The number of hydrogen-bond donors (Lipinski definition) is 2. The SMILES string of the molecule is Nc1c(N2CCOC3CCCCC32)cccc1S(N)(=O)=O. The summed E-state index contributed by atoms with van der Waals surface area (Å²) < 4.78 is 29.1. The monoisotopic (exact) mass is 311 g/mol. The van der Waals surface area contributed by atoms with Crippen LogP contribution in [0.4, 0.5) is 11.4 Å². The van der Waals surface area contributed by atoms with E-state index in [1.54, 1.807) is 6.07 Å². The lowest BCUT2D eigenvalue weighted by Crippen LogP contribution is -2.53. The van der Waals surface area contributed by atoms with Crippen LogP contribution in [-0.2, 0) is 14.8 Å². The van der Waals surface area contributed by atoms with Crippen molar-refractivity contribution in [1.82, 2.24) is 0 Å². The maximum absolute atomic E-state index is 11.6. The van der Waals surface area contributed by atoms with Crippen molar-refractivity contribution in [3.05, 3.63) is 18.2 Å². The van der Waals surface area contributed by atoms with Crippen LogP contribution in [0.5, 0.6) is 0 Å². The first-order valence-corrected chi connectivity index (χ1v) is 8.82. The van der Waals surface area contributed by atoms with Crippen LogP contribution < -0.4 is 15.8 Å². The van der Waals surface area contributed by atoms with E-state index in [1.165, 1.54) is 12.5 Å². The van der Waals surface area contributed by atoms with E-state index in [0.717, 1.165) is 31.5 Å². The highest BCUT2D eigenvalue weighted by atomic mass is 32.2. The number of nitrogen functional groups attached to an aromatic ring is 1. The van der Waals surface area contributed by atoms with E-state index in [-0.39, 0.29) is 22.7 Å². The molecule has 1 saturated carbocycles. The standard InChI is InChI=1S/C14H21N3O3S/c15-14-11(5-3-7-13(14)21(16,18)19)17-8-9-20-12-6-2-1-4-10(12)17/h3,5,7,10,12H,1-2,4,6,8-9,15H2,(H2,16,18,19). The lowest BCUT2D eigenvalue weighted by molar-refractivity contribution is -0.00863. The van der Waals surface area contributed by atoms with Gasteiger partial charge in [0, 0.05) is 6.54 Å². The number of primary sulfonamides is 1. The zero-order valence-corrected chi connectivity index (χ0v) is 12.7. The summed E-state index contributed by atoms with van der Waals surface area (Å²) in [5.74, 6) is 0. The Balaban J connectivity index is 1.99. The molecule has 1 aliphatic heterocycles. The number of benzene rings is 1. The summed E-state index contributed by atoms with van der Waals surface area (Å²) in [6.45, 7) is 1.36. The fourth-order valence-electron chi connectivity index (χ4n) is 3.43. The number of morpholine rings is 1. The van der Waals surface area contributed by atoms with Gasteiger partial charge < -0.3 is 15.4 Å². The van der Waals surface area contributed by atoms with Crippen LogP contribution in [0, 0.1) is 0 Å². The molecule has 1 aliphatic carbocycles. The van der Waals surface area contributed by atoms with Crippen LogP contribution >= 0.6 is 0 Å². The minimum Gasteiger partial charge on any atom is -0.396 e. The summed E-state index contributed by atoms with van der Waals surface area (Å²) in [5, 5.41) is 5.24. The van der Waals surface area contributed by atoms with Crippen molar-refractivity contribution in [3.63, 3.8) is 0 Å². The van der Waals surface area contributed by atoms with E-state index in [0.29, 0.717) is 6.61 Å². The molecule has 7 heteroatoms. The number of fused-ring (bicyclic) bond motifs is 1. The quantitative estimate of drug-likeness (QED) is 0.796. The predicted octanol–water partition coefficient (Wildman–Crippen LogP) is 1.06. The molecule has 1 heterocycles. The van der Waals surface area contributed by atoms with Crippen molar-refractivity contribution in [2.45, 2.75) is 42.7 Å². The highest BCUT2D eigenvalue weighted by Gasteiger charge is 2.35. The van der Waals surface area contributed by atoms with Crippen molar-refractivity contribution in [3.8, 4) is 0 Å². The Bertz CT molecular complexity index is 630. The van der Waals surface area contributed by atoms with Crippen molar-refractivity contribution >= 4 is 21.4 Å². The molecule has 2 atom stereocenters. The number of ether oxygens (including phenoxy) is 1. The third kappa shape index (κ3) is 2.73. The molecule has 0 radical (unpaired) electrons. The van der Waals surface area contributed by atoms with E-state index < -0.39 is 10.0 Å². The molecule has 2 unspecified atom stereocenters. The van der Waals surface area contributed by atoms with Gasteiger partial charge in [-0.15, -0.1) is 0 Å². The van der Waals surface area contributed by atoms with E-state index in [4.69, 9.17) is 15.6 Å². The zero-order chi connectivity index (χ0) is 15.0. The third-order valence-corrected chi connectivity index (χ3v) is 5.36. The third-order valence-electron chi connectivity index (χ3n) is 4.39. The molecule has 1 aromatic rings. The molecule has 2 fully saturated rings. The van der Waals surface area contributed by atoms with Gasteiger partial charge in [-0.3, -0.25) is 0 Å². The topological polar surface area (TPSA) is 98.6 Å². The summed E-state index contributed by atoms with van der Waals surface area (Å²) >= 11 is 0. The van der Waals surface area contributed by atoms with Gasteiger partial charge in [0.2, 0.25) is 10.0 Å². The lowest BCUT2D eigenvalue weighted by atomic mass is 9.89. The maximum atomic E-state index is 11.6. The second-order valence-corrected chi connectivity index (χ2v) is 7.22. The molecule has 1 aromatic carbocycles. The van der Waals surface area contributed by atoms with E-state index in [9.17, 15) is 8.42 Å². The van der Waals surface area contributed by atoms with Crippen molar-refractivity contribution in [2.75, 3.05) is 23.8 Å². The molecular formula is C14H21N3O3S. The fraction of sp³-hybridized carbons (Fsp3) is 0.571. The summed E-state index contributed by atoms with van der Waals surface area (Å²) in [4.78, 5) is 2.19. The van der Waals surface area contributed by atoms with E-state index >= 15 is 0 Å². The minimum absolute atomic E-state index is 0.00106. The first kappa shape index (κ1) is 14.6. The van der Waals surface area contributed by atoms with Gasteiger partial charge in [0.15, 0.2) is 0 Å². The Morgan fingerprint density at radius 3 is 2.76 bits per heavy atom. The Hall–Kier alpha value is -1.31. The van der Waals surface area contributed by atoms with Gasteiger partial charge in [-0.05, 0) is 25.0 Å². The number of rotatable bonds is 2. The van der Waals surface area contributed by atoms with Crippen molar-refractivity contribution < 1.29 is 13.2 Å². The molecule has 2 aliphatic rings.